The normalized spacial score (nSPS) is 14.3. The van der Waals surface area contributed by atoms with E-state index in [1.807, 2.05) is 145 Å². The Balaban J connectivity index is 0.000000183. The van der Waals surface area contributed by atoms with Crippen LogP contribution in [0.5, 0.6) is 5.75 Å². The van der Waals surface area contributed by atoms with Gasteiger partial charge in [0.2, 0.25) is 11.8 Å². The number of carbonyl (C=O) groups excluding carboxylic acids is 6. The highest BCUT2D eigenvalue weighted by atomic mass is 32.1. The number of methoxy groups -OCH3 is 2. The van der Waals surface area contributed by atoms with Crippen LogP contribution in [0.1, 0.15) is 109 Å². The van der Waals surface area contributed by atoms with E-state index in [1.165, 1.54) is 41.3 Å². The van der Waals surface area contributed by atoms with Gasteiger partial charge in [0.05, 0.1) is 50.6 Å². The van der Waals surface area contributed by atoms with Crippen LogP contribution in [0, 0.1) is 5.92 Å². The smallest absolute Gasteiger partial charge is 0.325 e. The van der Waals surface area contributed by atoms with Gasteiger partial charge in [-0.1, -0.05) is 158 Å². The van der Waals surface area contributed by atoms with E-state index in [4.69, 9.17) is 14.2 Å². The first-order valence-corrected chi connectivity index (χ1v) is 37.1. The number of nitrogens with zero attached hydrogens (tertiary/aromatic N) is 5. The van der Waals surface area contributed by atoms with Gasteiger partial charge in [0, 0.05) is 105 Å². The van der Waals surface area contributed by atoms with E-state index in [0.29, 0.717) is 75.5 Å². The zero-order valence-corrected chi connectivity index (χ0v) is 61.2. The summed E-state index contributed by atoms with van der Waals surface area (Å²) in [4.78, 5) is 91.5. The Morgan fingerprint density at radius 2 is 1.38 bits per heavy atom. The molecule has 2 saturated heterocycles. The Morgan fingerprint density at radius 3 is 2.08 bits per heavy atom. The number of carbonyl (C=O) groups is 6. The molecule has 1 atom stereocenters. The molecule has 20 nitrogen and oxygen atoms in total. The minimum Gasteiger partial charge on any atom is -0.495 e. The summed E-state index contributed by atoms with van der Waals surface area (Å²) in [5.41, 5.74) is 9.44. The molecule has 6 aromatic carbocycles. The lowest BCUT2D eigenvalue weighted by molar-refractivity contribution is -0.141. The first kappa shape index (κ1) is 77.2. The van der Waals surface area contributed by atoms with Crippen molar-refractivity contribution in [2.24, 2.45) is 5.92 Å². The number of anilines is 3. The van der Waals surface area contributed by atoms with Crippen molar-refractivity contribution in [3.8, 4) is 5.75 Å². The minimum atomic E-state index is -0.569. The third-order valence-electron chi connectivity index (χ3n) is 18.7. The fraction of sp³-hybridized carbons (Fsp3) is 0.390. The largest absolute Gasteiger partial charge is 0.495 e. The number of para-hydroxylation sites is 3. The Morgan fingerprint density at radius 1 is 0.699 bits per heavy atom. The fourth-order valence-electron chi connectivity index (χ4n) is 13.2. The first-order chi connectivity index (χ1) is 50.2. The summed E-state index contributed by atoms with van der Waals surface area (Å²) >= 11 is 1.55. The van der Waals surface area contributed by atoms with Crippen LogP contribution in [-0.4, -0.2) is 167 Å². The van der Waals surface area contributed by atoms with Crippen LogP contribution < -0.4 is 41.1 Å². The SMILES string of the molecule is C/C(=C\c1ccccc1)CN(CC1CCNCC1)C(=O)NC1CCCCC1.CCOC(=O)CNC(=O)Nc1ccc(N2CCN(c3ccccc3OC)CC2)c(C(=O)NC(C)c2ccccc2)c1.COCCN(CC(=O)N(CCc1c[nH]c2ccccc12)Cc1ccccc1)C(=O)Cc1cccs1. The lowest BCUT2D eigenvalue weighted by Crippen LogP contribution is -2.48. The number of rotatable bonds is 28. The van der Waals surface area contributed by atoms with Crippen LogP contribution in [0.2, 0.25) is 0 Å². The number of ether oxygens (including phenoxy) is 3. The first-order valence-electron chi connectivity index (χ1n) is 36.2. The molecule has 0 radical (unpaired) electrons. The number of hydrogen-bond acceptors (Lipinski definition) is 13. The second-order valence-corrected chi connectivity index (χ2v) is 27.4. The molecule has 3 aliphatic rings. The van der Waals surface area contributed by atoms with Gasteiger partial charge in [-0.05, 0) is 142 Å². The maximum atomic E-state index is 13.6. The summed E-state index contributed by atoms with van der Waals surface area (Å²) in [5, 5.41) is 18.2. The van der Waals surface area contributed by atoms with Crippen LogP contribution in [-0.2, 0) is 43.2 Å². The molecule has 2 aliphatic heterocycles. The molecule has 0 spiro atoms. The molecule has 4 heterocycles. The second-order valence-electron chi connectivity index (χ2n) is 26.3. The second kappa shape index (κ2) is 41.2. The van der Waals surface area contributed by atoms with E-state index >= 15 is 0 Å². The molecule has 0 bridgehead atoms. The van der Waals surface area contributed by atoms with E-state index in [0.717, 1.165) is 103 Å². The zero-order valence-electron chi connectivity index (χ0n) is 60.4. The van der Waals surface area contributed by atoms with Gasteiger partial charge in [0.15, 0.2) is 0 Å². The zero-order chi connectivity index (χ0) is 72.6. The molecule has 1 saturated carbocycles. The quantitative estimate of drug-likeness (QED) is 0.0252. The van der Waals surface area contributed by atoms with Gasteiger partial charge in [-0.3, -0.25) is 19.2 Å². The van der Waals surface area contributed by atoms with E-state index in [-0.39, 0.29) is 49.5 Å². The fourth-order valence-corrected chi connectivity index (χ4v) is 13.9. The highest BCUT2D eigenvalue weighted by molar-refractivity contribution is 7.10. The van der Waals surface area contributed by atoms with Crippen molar-refractivity contribution in [3.05, 3.63) is 220 Å². The van der Waals surface area contributed by atoms with Crippen molar-refractivity contribution in [1.29, 1.82) is 0 Å². The van der Waals surface area contributed by atoms with Gasteiger partial charge in [0.25, 0.3) is 5.91 Å². The van der Waals surface area contributed by atoms with Crippen LogP contribution in [0.15, 0.2) is 187 Å². The van der Waals surface area contributed by atoms with Crippen molar-refractivity contribution in [2.75, 3.05) is 121 Å². The molecule has 8 aromatic rings. The summed E-state index contributed by atoms with van der Waals surface area (Å²) in [5.74, 6) is 0.526. The summed E-state index contributed by atoms with van der Waals surface area (Å²) < 4.78 is 15.6. The highest BCUT2D eigenvalue weighted by Gasteiger charge is 2.28. The predicted molar refractivity (Wildman–Crippen MR) is 413 cm³/mol. The number of aromatic nitrogens is 1. The average Bonchev–Trinajstić information content (AvgIpc) is 1.30. The average molecular weight is 1420 g/mol. The lowest BCUT2D eigenvalue weighted by atomic mass is 9.95. The standard InChI is InChI=1S/C31H37N5O5.C28H31N3O3S.C23H35N3O/c1-4-41-29(37)21-32-31(39)34-24-14-15-26(25(20-24)30(38)33-22(2)23-10-6-5-7-11-23)35-16-18-36(19-17-35)27-12-8-9-13-28(27)40-3;1-34-16-15-31(27(32)18-24-10-7-17-35-24)21-28(33)30(20-22-8-3-2-4-9-22)14-13-23-19-29-26-12-6-5-11-25(23)26;1-19(16-20-8-4-2-5-9-20)17-26(18-21-12-14-24-15-13-21)23(27)25-22-10-6-3-7-11-22/h5-15,20,22H,4,16-19,21H2,1-3H3,(H,33,38)(H2,32,34,39);2-12,17,19,29H,13-16,18,20-21H2,1H3;2,4-5,8-9,16,21-22,24H,3,6-7,10-15,17-18H2,1H3,(H,25,27)/b;;19-16+. The number of esters is 1. The topological polar surface area (TPSA) is 222 Å². The molecular formula is C82H103N11O9S. The summed E-state index contributed by atoms with van der Waals surface area (Å²) in [7, 11) is 3.27. The molecular weight excluding hydrogens is 1320 g/mol. The number of aromatic amines is 1. The van der Waals surface area contributed by atoms with E-state index in [1.54, 1.807) is 49.5 Å². The lowest BCUT2D eigenvalue weighted by Gasteiger charge is -2.38. The third kappa shape index (κ3) is 24.6. The Kier molecular flexibility index (Phi) is 30.9. The number of thiophene rings is 1. The Hall–Kier alpha value is -9.96. The molecule has 6 N–H and O–H groups in total. The Bertz CT molecular complexity index is 3950. The third-order valence-corrected chi connectivity index (χ3v) is 19.6. The molecule has 11 rings (SSSR count). The van der Waals surface area contributed by atoms with E-state index in [9.17, 15) is 28.8 Å². The molecule has 21 heteroatoms. The molecule has 1 unspecified atom stereocenters. The van der Waals surface area contributed by atoms with Gasteiger partial charge in [-0.25, -0.2) is 9.59 Å². The monoisotopic (exact) mass is 1420 g/mol. The highest BCUT2D eigenvalue weighted by Crippen LogP contribution is 2.32. The van der Waals surface area contributed by atoms with Crippen LogP contribution in [0.3, 0.4) is 0 Å². The summed E-state index contributed by atoms with van der Waals surface area (Å²) in [6, 6.07) is 55.1. The van der Waals surface area contributed by atoms with Gasteiger partial charge in [-0.2, -0.15) is 0 Å². The summed E-state index contributed by atoms with van der Waals surface area (Å²) in [6.45, 7) is 14.2. The number of piperazine rings is 1. The van der Waals surface area contributed by atoms with Gasteiger partial charge < -0.3 is 70.3 Å². The number of urea groups is 2. The van der Waals surface area contributed by atoms with Crippen molar-refractivity contribution in [3.63, 3.8) is 0 Å². The number of benzene rings is 6. The molecule has 1 aliphatic carbocycles. The van der Waals surface area contributed by atoms with E-state index < -0.39 is 12.0 Å². The molecule has 546 valence electrons. The minimum absolute atomic E-state index is 0.0360. The maximum absolute atomic E-state index is 13.6. The van der Waals surface area contributed by atoms with Crippen molar-refractivity contribution in [2.45, 2.75) is 97.2 Å². The van der Waals surface area contributed by atoms with Crippen molar-refractivity contribution in [1.82, 2.24) is 41.0 Å². The number of hydrogen-bond donors (Lipinski definition) is 6. The van der Waals surface area contributed by atoms with Crippen LogP contribution in [0.25, 0.3) is 17.0 Å². The number of H-pyrrole nitrogens is 1. The molecule has 7 amide bonds. The predicted octanol–water partition coefficient (Wildman–Crippen LogP) is 13.1. The van der Waals surface area contributed by atoms with Gasteiger partial charge >= 0.3 is 18.0 Å². The number of amides is 7. The van der Waals surface area contributed by atoms with Gasteiger partial charge in [0.1, 0.15) is 12.3 Å². The number of piperidine rings is 1. The summed E-state index contributed by atoms with van der Waals surface area (Å²) in [6.07, 6.45) is 13.6. The Labute approximate surface area is 611 Å². The van der Waals surface area contributed by atoms with Crippen LogP contribution >= 0.6 is 11.3 Å². The van der Waals surface area contributed by atoms with Gasteiger partial charge in [-0.15, -0.1) is 11.3 Å². The number of fused-ring (bicyclic) bond motifs is 1. The van der Waals surface area contributed by atoms with Crippen LogP contribution in [0.4, 0.5) is 26.7 Å². The maximum Gasteiger partial charge on any atom is 0.325 e. The molecule has 103 heavy (non-hydrogen) atoms. The molecule has 2 aromatic heterocycles. The molecule has 3 fully saturated rings. The number of nitrogens with one attached hydrogen (secondary N) is 6. The van der Waals surface area contributed by atoms with Crippen molar-refractivity contribution < 1.29 is 43.0 Å². The van der Waals surface area contributed by atoms with Crippen molar-refractivity contribution >= 4 is 81.1 Å². The van der Waals surface area contributed by atoms with E-state index in [2.05, 4.69) is 95.7 Å².